The maximum Gasteiger partial charge on any atom is 0.323 e. The molecule has 1 fully saturated rings. The van der Waals surface area contributed by atoms with Crippen molar-refractivity contribution in [2.45, 2.75) is 51.7 Å². The van der Waals surface area contributed by atoms with Crippen LogP contribution in [0.4, 0.5) is 0 Å². The van der Waals surface area contributed by atoms with Gasteiger partial charge in [0.2, 0.25) is 5.91 Å². The van der Waals surface area contributed by atoms with Crippen molar-refractivity contribution in [2.24, 2.45) is 0 Å². The number of rotatable bonds is 7. The summed E-state index contributed by atoms with van der Waals surface area (Å²) < 4.78 is 10.6. The van der Waals surface area contributed by atoms with Gasteiger partial charge in [0, 0.05) is 19.0 Å². The number of amides is 1. The highest BCUT2D eigenvalue weighted by Gasteiger charge is 2.38. The second-order valence-electron chi connectivity index (χ2n) is 7.47. The van der Waals surface area contributed by atoms with Crippen LogP contribution in [0, 0.1) is 13.8 Å². The molecular weight excluding hydrogens is 356 g/mol. The van der Waals surface area contributed by atoms with Crippen molar-refractivity contribution in [3.8, 4) is 0 Å². The van der Waals surface area contributed by atoms with E-state index in [9.17, 15) is 9.59 Å². The Morgan fingerprint density at radius 1 is 1.18 bits per heavy atom. The zero-order valence-corrected chi connectivity index (χ0v) is 16.7. The number of aryl methyl sites for hydroxylation is 3. The summed E-state index contributed by atoms with van der Waals surface area (Å²) >= 11 is 0. The highest BCUT2D eigenvalue weighted by molar-refractivity contribution is 5.78. The van der Waals surface area contributed by atoms with Crippen LogP contribution >= 0.6 is 0 Å². The second-order valence-corrected chi connectivity index (χ2v) is 7.47. The van der Waals surface area contributed by atoms with E-state index in [1.54, 1.807) is 0 Å². The topological polar surface area (TPSA) is 71.8 Å². The molecule has 1 aliphatic rings. The van der Waals surface area contributed by atoms with Crippen molar-refractivity contribution in [3.63, 3.8) is 0 Å². The van der Waals surface area contributed by atoms with Crippen molar-refractivity contribution in [1.29, 1.82) is 0 Å². The minimum absolute atomic E-state index is 0.00452. The molecular formula is C22H28N2O4. The molecule has 1 aromatic carbocycles. The lowest BCUT2D eigenvalue weighted by molar-refractivity contribution is -0.146. The van der Waals surface area contributed by atoms with Gasteiger partial charge < -0.3 is 14.5 Å². The highest BCUT2D eigenvalue weighted by Crippen LogP contribution is 2.23. The number of methoxy groups -OCH3 is 1. The maximum absolute atomic E-state index is 12.4. The van der Waals surface area contributed by atoms with Crippen molar-refractivity contribution < 1.29 is 18.7 Å². The highest BCUT2D eigenvalue weighted by atomic mass is 16.5. The lowest BCUT2D eigenvalue weighted by Gasteiger charge is -2.20. The van der Waals surface area contributed by atoms with Crippen LogP contribution in [0.15, 0.2) is 40.8 Å². The summed E-state index contributed by atoms with van der Waals surface area (Å²) in [4.78, 5) is 26.6. The number of furan rings is 1. The predicted octanol–water partition coefficient (Wildman–Crippen LogP) is 2.76. The maximum atomic E-state index is 12.4. The van der Waals surface area contributed by atoms with Crippen LogP contribution in [0.1, 0.15) is 35.5 Å². The summed E-state index contributed by atoms with van der Waals surface area (Å²) in [6.07, 6.45) is 1.68. The molecule has 0 aliphatic carbocycles. The van der Waals surface area contributed by atoms with E-state index >= 15 is 0 Å². The molecule has 1 amide bonds. The SMILES string of the molecule is COC(=O)[C@@H]1C[C@@H](NC(=O)CCc2ccc(C)cc2)CN1Cc1ccc(C)o1. The largest absolute Gasteiger partial charge is 0.468 e. The molecule has 0 unspecified atom stereocenters. The molecule has 0 radical (unpaired) electrons. The standard InChI is InChI=1S/C22H28N2O4/c1-15-4-7-17(8-5-15)9-11-21(25)23-18-12-20(22(26)27-3)24(13-18)14-19-10-6-16(2)28-19/h4-8,10,18,20H,9,11-14H2,1-3H3,(H,23,25)/t18-,20+/m1/s1. The first-order valence-electron chi connectivity index (χ1n) is 9.66. The number of hydrogen-bond donors (Lipinski definition) is 1. The number of likely N-dealkylation sites (tertiary alicyclic amines) is 1. The van der Waals surface area contributed by atoms with Gasteiger partial charge in [-0.2, -0.15) is 0 Å². The van der Waals surface area contributed by atoms with E-state index in [2.05, 4.69) is 29.6 Å². The van der Waals surface area contributed by atoms with E-state index in [4.69, 9.17) is 9.15 Å². The Balaban J connectivity index is 1.55. The summed E-state index contributed by atoms with van der Waals surface area (Å²) in [6, 6.07) is 11.6. The first-order valence-corrected chi connectivity index (χ1v) is 9.66. The van der Waals surface area contributed by atoms with Crippen LogP contribution in [-0.2, 0) is 27.3 Å². The molecule has 1 N–H and O–H groups in total. The molecule has 0 saturated carbocycles. The molecule has 0 bridgehead atoms. The number of hydrogen-bond acceptors (Lipinski definition) is 5. The van der Waals surface area contributed by atoms with E-state index in [0.29, 0.717) is 32.4 Å². The van der Waals surface area contributed by atoms with Gasteiger partial charge in [-0.15, -0.1) is 0 Å². The lowest BCUT2D eigenvalue weighted by atomic mass is 10.1. The van der Waals surface area contributed by atoms with Crippen LogP contribution in [-0.4, -0.2) is 42.5 Å². The third-order valence-corrected chi connectivity index (χ3v) is 5.16. The van der Waals surface area contributed by atoms with E-state index in [-0.39, 0.29) is 24.0 Å². The first kappa shape index (κ1) is 20.1. The van der Waals surface area contributed by atoms with Crippen LogP contribution < -0.4 is 5.32 Å². The average Bonchev–Trinajstić information content (AvgIpc) is 3.26. The van der Waals surface area contributed by atoms with Crippen molar-refractivity contribution in [2.75, 3.05) is 13.7 Å². The fourth-order valence-electron chi connectivity index (χ4n) is 3.65. The number of benzene rings is 1. The summed E-state index contributed by atoms with van der Waals surface area (Å²) in [7, 11) is 1.39. The second kappa shape index (κ2) is 9.06. The number of carbonyl (C=O) groups is 2. The molecule has 3 rings (SSSR count). The fraction of sp³-hybridized carbons (Fsp3) is 0.455. The van der Waals surface area contributed by atoms with Gasteiger partial charge >= 0.3 is 5.97 Å². The Kier molecular flexibility index (Phi) is 6.52. The third-order valence-electron chi connectivity index (χ3n) is 5.16. The summed E-state index contributed by atoms with van der Waals surface area (Å²) in [5, 5.41) is 3.07. The van der Waals surface area contributed by atoms with Gasteiger partial charge in [-0.1, -0.05) is 29.8 Å². The van der Waals surface area contributed by atoms with E-state index in [1.165, 1.54) is 12.7 Å². The van der Waals surface area contributed by atoms with E-state index in [1.807, 2.05) is 30.9 Å². The molecule has 0 spiro atoms. The molecule has 1 saturated heterocycles. The summed E-state index contributed by atoms with van der Waals surface area (Å²) in [6.45, 7) is 5.05. The van der Waals surface area contributed by atoms with Gasteiger partial charge in [-0.3, -0.25) is 14.5 Å². The van der Waals surface area contributed by atoms with Crippen molar-refractivity contribution >= 4 is 11.9 Å². The van der Waals surface area contributed by atoms with E-state index in [0.717, 1.165) is 17.1 Å². The number of esters is 1. The minimum Gasteiger partial charge on any atom is -0.468 e. The molecule has 1 aliphatic heterocycles. The summed E-state index contributed by atoms with van der Waals surface area (Å²) in [5.74, 6) is 1.37. The Morgan fingerprint density at radius 3 is 2.57 bits per heavy atom. The molecule has 28 heavy (non-hydrogen) atoms. The third kappa shape index (κ3) is 5.23. The van der Waals surface area contributed by atoms with Gasteiger partial charge in [-0.05, 0) is 44.4 Å². The quantitative estimate of drug-likeness (QED) is 0.743. The zero-order valence-electron chi connectivity index (χ0n) is 16.7. The van der Waals surface area contributed by atoms with Crippen molar-refractivity contribution in [3.05, 3.63) is 59.0 Å². The number of carbonyl (C=O) groups excluding carboxylic acids is 2. The summed E-state index contributed by atoms with van der Waals surface area (Å²) in [5.41, 5.74) is 2.36. The van der Waals surface area contributed by atoms with Crippen LogP contribution in [0.5, 0.6) is 0 Å². The lowest BCUT2D eigenvalue weighted by Crippen LogP contribution is -2.37. The molecule has 6 nitrogen and oxygen atoms in total. The number of nitrogens with one attached hydrogen (secondary N) is 1. The molecule has 2 atom stereocenters. The predicted molar refractivity (Wildman–Crippen MR) is 106 cm³/mol. The zero-order chi connectivity index (χ0) is 20.1. The monoisotopic (exact) mass is 384 g/mol. The van der Waals surface area contributed by atoms with Gasteiger partial charge in [0.15, 0.2) is 0 Å². The van der Waals surface area contributed by atoms with Gasteiger partial charge in [0.05, 0.1) is 13.7 Å². The fourth-order valence-corrected chi connectivity index (χ4v) is 3.65. The Bertz CT molecular complexity index is 812. The van der Waals surface area contributed by atoms with Gasteiger partial charge in [0.25, 0.3) is 0 Å². The number of ether oxygens (including phenoxy) is 1. The van der Waals surface area contributed by atoms with Gasteiger partial charge in [-0.25, -0.2) is 0 Å². The molecule has 150 valence electrons. The van der Waals surface area contributed by atoms with E-state index < -0.39 is 0 Å². The normalized spacial score (nSPS) is 19.5. The van der Waals surface area contributed by atoms with Crippen LogP contribution in [0.2, 0.25) is 0 Å². The smallest absolute Gasteiger partial charge is 0.323 e. The molecule has 1 aromatic heterocycles. The first-order chi connectivity index (χ1) is 13.4. The minimum atomic E-state index is -0.377. The molecule has 2 aromatic rings. The molecule has 2 heterocycles. The Hall–Kier alpha value is -2.60. The Morgan fingerprint density at radius 2 is 1.93 bits per heavy atom. The average molecular weight is 384 g/mol. The van der Waals surface area contributed by atoms with Crippen LogP contribution in [0.25, 0.3) is 0 Å². The van der Waals surface area contributed by atoms with Crippen molar-refractivity contribution in [1.82, 2.24) is 10.2 Å². The Labute approximate surface area is 165 Å². The van der Waals surface area contributed by atoms with Gasteiger partial charge in [0.1, 0.15) is 17.6 Å². The number of nitrogens with zero attached hydrogens (tertiary/aromatic N) is 1. The molecule has 6 heteroatoms. The van der Waals surface area contributed by atoms with Crippen LogP contribution in [0.3, 0.4) is 0 Å².